The highest BCUT2D eigenvalue weighted by Gasteiger charge is 2.21. The molecular weight excluding hydrogens is 484 g/mol. The summed E-state index contributed by atoms with van der Waals surface area (Å²) in [7, 11) is -3.42. The van der Waals surface area contributed by atoms with Crippen LogP contribution in [-0.2, 0) is 9.84 Å². The maximum Gasteiger partial charge on any atom is 0.327 e. The average molecular weight is 507 g/mol. The fourth-order valence-electron chi connectivity index (χ4n) is 3.23. The minimum Gasteiger partial charge on any atom is -0.316 e. The van der Waals surface area contributed by atoms with Crippen LogP contribution >= 0.6 is 22.9 Å². The number of rotatable bonds is 9. The van der Waals surface area contributed by atoms with Crippen molar-refractivity contribution >= 4 is 60.1 Å². The molecule has 0 atom stereocenters. The van der Waals surface area contributed by atoms with Gasteiger partial charge >= 0.3 is 6.03 Å². The molecule has 1 fully saturated rings. The van der Waals surface area contributed by atoms with Crippen molar-refractivity contribution in [3.63, 3.8) is 0 Å². The zero-order valence-electron chi connectivity index (χ0n) is 17.6. The number of benzene rings is 2. The molecule has 1 aromatic heterocycles. The first-order valence-corrected chi connectivity index (χ1v) is 13.4. The molecule has 174 valence electrons. The topological polar surface area (TPSA) is 117 Å². The molecule has 1 aliphatic carbocycles. The quantitative estimate of drug-likeness (QED) is 0.376. The molecular formula is C22H23ClN4O4S2. The number of sulfone groups is 1. The number of carbonyl (C=O) groups excluding carboxylic acids is 2. The van der Waals surface area contributed by atoms with Gasteiger partial charge in [0.05, 0.1) is 31.5 Å². The van der Waals surface area contributed by atoms with Crippen LogP contribution in [-0.4, -0.2) is 44.2 Å². The Morgan fingerprint density at radius 1 is 1.15 bits per heavy atom. The number of hydrogen-bond acceptors (Lipinski definition) is 7. The summed E-state index contributed by atoms with van der Waals surface area (Å²) < 4.78 is 26.0. The number of hydrogen-bond donors (Lipinski definition) is 3. The van der Waals surface area contributed by atoms with Gasteiger partial charge < -0.3 is 5.32 Å². The standard InChI is InChI=1S/C22H23ClN4O4S2/c23-17-5-2-1-4-16(17)20(28)26-21(29)27-22-25-18-9-8-15(12-19(18)32-22)33(30,31)11-3-10-24-13-14-6-7-14/h1-2,4-5,8-9,12,14,24H,3,6-7,10-11,13H2,(H2,25,26,27,28,29). The molecule has 33 heavy (non-hydrogen) atoms. The fourth-order valence-corrected chi connectivity index (χ4v) is 5.76. The highest BCUT2D eigenvalue weighted by molar-refractivity contribution is 7.91. The van der Waals surface area contributed by atoms with E-state index in [1.54, 1.807) is 30.3 Å². The SMILES string of the molecule is O=C(NC(=O)c1ccccc1Cl)Nc1nc2ccc(S(=O)(=O)CCCNCC3CC3)cc2s1. The lowest BCUT2D eigenvalue weighted by atomic mass is 10.2. The van der Waals surface area contributed by atoms with Gasteiger partial charge in [-0.15, -0.1) is 0 Å². The summed E-state index contributed by atoms with van der Waals surface area (Å²) in [6, 6.07) is 10.3. The first kappa shape index (κ1) is 23.6. The van der Waals surface area contributed by atoms with E-state index in [0.717, 1.165) is 23.8 Å². The molecule has 1 saturated carbocycles. The second-order valence-corrected chi connectivity index (χ2v) is 11.4. The minimum absolute atomic E-state index is 0.0622. The fraction of sp³-hybridized carbons (Fsp3) is 0.318. The van der Waals surface area contributed by atoms with Crippen molar-refractivity contribution in [3.05, 3.63) is 53.1 Å². The summed E-state index contributed by atoms with van der Waals surface area (Å²) in [6.45, 7) is 1.63. The maximum absolute atomic E-state index is 12.7. The predicted molar refractivity (Wildman–Crippen MR) is 130 cm³/mol. The highest BCUT2D eigenvalue weighted by Crippen LogP contribution is 2.29. The Morgan fingerprint density at radius 2 is 1.94 bits per heavy atom. The maximum atomic E-state index is 12.7. The molecule has 0 unspecified atom stereocenters. The van der Waals surface area contributed by atoms with E-state index in [1.165, 1.54) is 25.0 Å². The zero-order valence-corrected chi connectivity index (χ0v) is 20.0. The van der Waals surface area contributed by atoms with Gasteiger partial charge in [-0.25, -0.2) is 18.2 Å². The molecule has 0 saturated heterocycles. The van der Waals surface area contributed by atoms with Crippen molar-refractivity contribution in [2.45, 2.75) is 24.2 Å². The Hall–Kier alpha value is -2.53. The van der Waals surface area contributed by atoms with E-state index in [1.807, 2.05) is 0 Å². The first-order chi connectivity index (χ1) is 15.8. The summed E-state index contributed by atoms with van der Waals surface area (Å²) in [4.78, 5) is 28.9. The third kappa shape index (κ3) is 6.29. The van der Waals surface area contributed by atoms with Gasteiger partial charge in [-0.05, 0) is 68.6 Å². The van der Waals surface area contributed by atoms with Crippen LogP contribution in [0.5, 0.6) is 0 Å². The van der Waals surface area contributed by atoms with E-state index >= 15 is 0 Å². The van der Waals surface area contributed by atoms with Crippen molar-refractivity contribution in [1.29, 1.82) is 0 Å². The third-order valence-corrected chi connectivity index (χ3v) is 8.24. The van der Waals surface area contributed by atoms with E-state index in [0.29, 0.717) is 23.2 Å². The number of carbonyl (C=O) groups is 2. The van der Waals surface area contributed by atoms with Gasteiger partial charge in [0.2, 0.25) is 0 Å². The van der Waals surface area contributed by atoms with Gasteiger partial charge in [-0.1, -0.05) is 35.1 Å². The van der Waals surface area contributed by atoms with E-state index in [4.69, 9.17) is 11.6 Å². The van der Waals surface area contributed by atoms with Crippen molar-refractivity contribution in [2.24, 2.45) is 5.92 Å². The minimum atomic E-state index is -3.42. The lowest BCUT2D eigenvalue weighted by Crippen LogP contribution is -2.34. The molecule has 0 spiro atoms. The number of urea groups is 1. The van der Waals surface area contributed by atoms with Crippen LogP contribution in [0.15, 0.2) is 47.4 Å². The number of anilines is 1. The molecule has 1 heterocycles. The zero-order chi connectivity index (χ0) is 23.4. The summed E-state index contributed by atoms with van der Waals surface area (Å²) in [6.07, 6.45) is 3.06. The molecule has 4 rings (SSSR count). The molecule has 0 radical (unpaired) electrons. The summed E-state index contributed by atoms with van der Waals surface area (Å²) in [5.41, 5.74) is 0.731. The second-order valence-electron chi connectivity index (χ2n) is 7.86. The van der Waals surface area contributed by atoms with Crippen LogP contribution in [0.1, 0.15) is 29.6 Å². The summed E-state index contributed by atoms with van der Waals surface area (Å²) in [5, 5.41) is 8.48. The number of halogens is 1. The van der Waals surface area contributed by atoms with E-state index < -0.39 is 21.8 Å². The van der Waals surface area contributed by atoms with Crippen molar-refractivity contribution in [1.82, 2.24) is 15.6 Å². The Balaban J connectivity index is 1.36. The first-order valence-electron chi connectivity index (χ1n) is 10.5. The molecule has 0 bridgehead atoms. The van der Waals surface area contributed by atoms with Gasteiger partial charge in [0.25, 0.3) is 5.91 Å². The number of amides is 3. The molecule has 2 aromatic carbocycles. The average Bonchev–Trinajstić information content (AvgIpc) is 3.50. The normalized spacial score (nSPS) is 13.7. The Bertz CT molecular complexity index is 1290. The molecule has 1 aliphatic rings. The Labute approximate surface area is 200 Å². The van der Waals surface area contributed by atoms with E-state index in [9.17, 15) is 18.0 Å². The predicted octanol–water partition coefficient (Wildman–Crippen LogP) is 4.08. The number of nitrogens with one attached hydrogen (secondary N) is 3. The highest BCUT2D eigenvalue weighted by atomic mass is 35.5. The van der Waals surface area contributed by atoms with Crippen LogP contribution in [0.3, 0.4) is 0 Å². The number of fused-ring (bicyclic) bond motifs is 1. The number of imide groups is 1. The number of aromatic nitrogens is 1. The summed E-state index contributed by atoms with van der Waals surface area (Å²) >= 11 is 7.10. The van der Waals surface area contributed by atoms with E-state index in [2.05, 4.69) is 20.9 Å². The van der Waals surface area contributed by atoms with Crippen molar-refractivity contribution in [2.75, 3.05) is 24.2 Å². The second kappa shape index (κ2) is 10.2. The monoisotopic (exact) mass is 506 g/mol. The summed E-state index contributed by atoms with van der Waals surface area (Å²) in [5.74, 6) is 0.181. The molecule has 3 amide bonds. The van der Waals surface area contributed by atoms with Gasteiger partial charge in [-0.3, -0.25) is 15.4 Å². The lowest BCUT2D eigenvalue weighted by molar-refractivity contribution is 0.0967. The van der Waals surface area contributed by atoms with Crippen LogP contribution in [0.25, 0.3) is 10.2 Å². The number of nitrogens with zero attached hydrogens (tertiary/aromatic N) is 1. The van der Waals surface area contributed by atoms with Crippen molar-refractivity contribution in [3.8, 4) is 0 Å². The number of thiazole rings is 1. The van der Waals surface area contributed by atoms with Crippen LogP contribution in [0, 0.1) is 5.92 Å². The Kier molecular flexibility index (Phi) is 7.28. The largest absolute Gasteiger partial charge is 0.327 e. The van der Waals surface area contributed by atoms with Crippen LogP contribution in [0.4, 0.5) is 9.93 Å². The third-order valence-electron chi connectivity index (χ3n) is 5.18. The molecule has 0 aliphatic heterocycles. The van der Waals surface area contributed by atoms with Gasteiger partial charge in [0.15, 0.2) is 15.0 Å². The molecule has 11 heteroatoms. The smallest absolute Gasteiger partial charge is 0.316 e. The van der Waals surface area contributed by atoms with Crippen LogP contribution in [0.2, 0.25) is 5.02 Å². The van der Waals surface area contributed by atoms with Gasteiger partial charge in [0, 0.05) is 0 Å². The van der Waals surface area contributed by atoms with E-state index in [-0.39, 0.29) is 26.4 Å². The molecule has 3 aromatic rings. The van der Waals surface area contributed by atoms with Crippen LogP contribution < -0.4 is 16.0 Å². The molecule has 3 N–H and O–H groups in total. The van der Waals surface area contributed by atoms with Gasteiger partial charge in [0.1, 0.15) is 0 Å². The van der Waals surface area contributed by atoms with Crippen molar-refractivity contribution < 1.29 is 18.0 Å². The van der Waals surface area contributed by atoms with Gasteiger partial charge in [-0.2, -0.15) is 0 Å². The Morgan fingerprint density at radius 3 is 2.70 bits per heavy atom. The lowest BCUT2D eigenvalue weighted by Gasteiger charge is -2.06. The molecule has 8 nitrogen and oxygen atoms in total.